The molecule has 2 nitrogen and oxygen atoms in total. The highest BCUT2D eigenvalue weighted by Crippen LogP contribution is 2.42. The second-order valence-corrected chi connectivity index (χ2v) is 12.2. The van der Waals surface area contributed by atoms with Crippen LogP contribution in [-0.2, 0) is 0 Å². The first-order valence-corrected chi connectivity index (χ1v) is 15.9. The highest BCUT2D eigenvalue weighted by atomic mass is 15.0. The summed E-state index contributed by atoms with van der Waals surface area (Å²) in [5.41, 5.74) is 9.60. The fourth-order valence-corrected chi connectivity index (χ4v) is 7.55. The molecule has 0 N–H and O–H groups in total. The van der Waals surface area contributed by atoms with E-state index in [1.165, 1.54) is 82.0 Å². The van der Waals surface area contributed by atoms with Gasteiger partial charge in [0.1, 0.15) is 0 Å². The number of hydrogen-bond acceptors (Lipinski definition) is 0. The molecule has 0 spiro atoms. The summed E-state index contributed by atoms with van der Waals surface area (Å²) in [5, 5.41) is 10.0. The van der Waals surface area contributed by atoms with Gasteiger partial charge >= 0.3 is 0 Å². The van der Waals surface area contributed by atoms with Crippen LogP contribution in [0.5, 0.6) is 0 Å². The van der Waals surface area contributed by atoms with E-state index in [4.69, 9.17) is 0 Å². The van der Waals surface area contributed by atoms with E-state index in [-0.39, 0.29) is 0 Å². The zero-order chi connectivity index (χ0) is 30.2. The van der Waals surface area contributed by atoms with Crippen LogP contribution in [0.2, 0.25) is 0 Å². The summed E-state index contributed by atoms with van der Waals surface area (Å²) in [6.07, 6.45) is 0. The standard InChI is InChI=1S/C44H28N2/c1-3-12-31-26-34(21-20-29(31)10-1)33-14-9-15-35(28-33)45-41-18-7-5-16-37(41)39-24-25-40-38-17-6-8-19-42(38)46(44(40)43(39)45)36-23-22-30-11-2-4-13-32(30)27-36/h1-28H. The average Bonchev–Trinajstić information content (AvgIpc) is 3.64. The monoisotopic (exact) mass is 584 g/mol. The van der Waals surface area contributed by atoms with Crippen molar-refractivity contribution in [3.63, 3.8) is 0 Å². The molecule has 0 unspecified atom stereocenters. The molecule has 214 valence electrons. The Bertz CT molecular complexity index is 2810. The highest BCUT2D eigenvalue weighted by molar-refractivity contribution is 6.24. The fraction of sp³-hybridized carbons (Fsp3) is 0. The van der Waals surface area contributed by atoms with Crippen molar-refractivity contribution in [2.45, 2.75) is 0 Å². The summed E-state index contributed by atoms with van der Waals surface area (Å²) in [7, 11) is 0. The number of para-hydroxylation sites is 2. The smallest absolute Gasteiger partial charge is 0.0788 e. The van der Waals surface area contributed by atoms with Crippen molar-refractivity contribution >= 4 is 65.2 Å². The molecular weight excluding hydrogens is 556 g/mol. The largest absolute Gasteiger partial charge is 0.307 e. The van der Waals surface area contributed by atoms with E-state index in [1.807, 2.05) is 0 Å². The second kappa shape index (κ2) is 9.69. The third kappa shape index (κ3) is 3.65. The molecule has 0 aliphatic heterocycles. The molecule has 0 saturated heterocycles. The lowest BCUT2D eigenvalue weighted by Crippen LogP contribution is -1.99. The molecule has 0 aliphatic rings. The minimum Gasteiger partial charge on any atom is -0.307 e. The number of rotatable bonds is 3. The maximum atomic E-state index is 2.48. The van der Waals surface area contributed by atoms with E-state index in [9.17, 15) is 0 Å². The van der Waals surface area contributed by atoms with Crippen LogP contribution in [0.4, 0.5) is 0 Å². The topological polar surface area (TPSA) is 9.86 Å². The van der Waals surface area contributed by atoms with Gasteiger partial charge in [-0.1, -0.05) is 127 Å². The number of nitrogens with zero attached hydrogens (tertiary/aromatic N) is 2. The Morgan fingerprint density at radius 2 is 0.783 bits per heavy atom. The Labute approximate surface area is 266 Å². The zero-order valence-corrected chi connectivity index (χ0v) is 25.1. The average molecular weight is 585 g/mol. The van der Waals surface area contributed by atoms with Crippen LogP contribution >= 0.6 is 0 Å². The van der Waals surface area contributed by atoms with E-state index in [0.717, 1.165) is 5.69 Å². The summed E-state index contributed by atoms with van der Waals surface area (Å²) in [6.45, 7) is 0. The number of hydrogen-bond donors (Lipinski definition) is 0. The minimum atomic E-state index is 1.15. The van der Waals surface area contributed by atoms with Crippen LogP contribution in [-0.4, -0.2) is 9.13 Å². The Kier molecular flexibility index (Phi) is 5.31. The first-order valence-electron chi connectivity index (χ1n) is 15.9. The molecule has 10 rings (SSSR count). The lowest BCUT2D eigenvalue weighted by Gasteiger charge is -2.14. The summed E-state index contributed by atoms with van der Waals surface area (Å²) >= 11 is 0. The molecule has 0 radical (unpaired) electrons. The van der Waals surface area contributed by atoms with Crippen LogP contribution in [0.3, 0.4) is 0 Å². The van der Waals surface area contributed by atoms with Crippen molar-refractivity contribution < 1.29 is 0 Å². The number of benzene rings is 8. The Morgan fingerprint density at radius 3 is 1.43 bits per heavy atom. The second-order valence-electron chi connectivity index (χ2n) is 12.2. The molecule has 46 heavy (non-hydrogen) atoms. The molecule has 10 aromatic rings. The lowest BCUT2D eigenvalue weighted by molar-refractivity contribution is 1.15. The van der Waals surface area contributed by atoms with Crippen molar-refractivity contribution in [1.82, 2.24) is 9.13 Å². The molecule has 0 bridgehead atoms. The first kappa shape index (κ1) is 25.2. The first-order chi connectivity index (χ1) is 22.8. The quantitative estimate of drug-likeness (QED) is 0.195. The predicted molar refractivity (Wildman–Crippen MR) is 196 cm³/mol. The zero-order valence-electron chi connectivity index (χ0n) is 25.1. The van der Waals surface area contributed by atoms with Gasteiger partial charge in [0.2, 0.25) is 0 Å². The van der Waals surface area contributed by atoms with Gasteiger partial charge in [-0.3, -0.25) is 0 Å². The molecule has 0 amide bonds. The van der Waals surface area contributed by atoms with E-state index >= 15 is 0 Å². The van der Waals surface area contributed by atoms with E-state index in [1.54, 1.807) is 0 Å². The molecular formula is C44H28N2. The van der Waals surface area contributed by atoms with Crippen molar-refractivity contribution in [3.05, 3.63) is 170 Å². The highest BCUT2D eigenvalue weighted by Gasteiger charge is 2.21. The number of fused-ring (bicyclic) bond motifs is 9. The SMILES string of the molecule is c1cc(-c2ccc3ccccc3c2)cc(-n2c3ccccc3c3ccc4c5ccccc5n(-c5ccc6ccccc6c5)c4c32)c1. The molecule has 0 saturated carbocycles. The van der Waals surface area contributed by atoms with Gasteiger partial charge in [0.15, 0.2) is 0 Å². The predicted octanol–water partition coefficient (Wildman–Crippen LogP) is 11.9. The van der Waals surface area contributed by atoms with Crippen molar-refractivity contribution in [2.24, 2.45) is 0 Å². The van der Waals surface area contributed by atoms with Gasteiger partial charge in [-0.25, -0.2) is 0 Å². The van der Waals surface area contributed by atoms with Crippen LogP contribution < -0.4 is 0 Å². The maximum Gasteiger partial charge on any atom is 0.0788 e. The van der Waals surface area contributed by atoms with Crippen LogP contribution in [0, 0.1) is 0 Å². The van der Waals surface area contributed by atoms with Crippen molar-refractivity contribution in [3.8, 4) is 22.5 Å². The van der Waals surface area contributed by atoms with Crippen molar-refractivity contribution in [1.29, 1.82) is 0 Å². The lowest BCUT2D eigenvalue weighted by atomic mass is 10.0. The molecule has 0 atom stereocenters. The molecule has 0 fully saturated rings. The normalized spacial score (nSPS) is 11.9. The van der Waals surface area contributed by atoms with E-state index < -0.39 is 0 Å². The summed E-state index contributed by atoms with van der Waals surface area (Å²) in [6, 6.07) is 62.1. The summed E-state index contributed by atoms with van der Waals surface area (Å²) < 4.78 is 4.95. The van der Waals surface area contributed by atoms with Gasteiger partial charge < -0.3 is 9.13 Å². The molecule has 0 aliphatic carbocycles. The van der Waals surface area contributed by atoms with Crippen molar-refractivity contribution in [2.75, 3.05) is 0 Å². The van der Waals surface area contributed by atoms with Gasteiger partial charge in [-0.05, 0) is 75.1 Å². The van der Waals surface area contributed by atoms with Gasteiger partial charge in [-0.15, -0.1) is 0 Å². The van der Waals surface area contributed by atoms with Gasteiger partial charge in [-0.2, -0.15) is 0 Å². The maximum absolute atomic E-state index is 2.48. The summed E-state index contributed by atoms with van der Waals surface area (Å²) in [4.78, 5) is 0. The third-order valence-electron chi connectivity index (χ3n) is 9.65. The van der Waals surface area contributed by atoms with E-state index in [0.29, 0.717) is 0 Å². The van der Waals surface area contributed by atoms with Gasteiger partial charge in [0.25, 0.3) is 0 Å². The minimum absolute atomic E-state index is 1.15. The van der Waals surface area contributed by atoms with E-state index in [2.05, 4.69) is 179 Å². The van der Waals surface area contributed by atoms with Gasteiger partial charge in [0.05, 0.1) is 22.1 Å². The molecule has 2 aromatic heterocycles. The Hall–Kier alpha value is -6.12. The van der Waals surface area contributed by atoms with Crippen LogP contribution in [0.1, 0.15) is 0 Å². The number of aromatic nitrogens is 2. The third-order valence-corrected chi connectivity index (χ3v) is 9.65. The molecule has 2 heterocycles. The van der Waals surface area contributed by atoms with Crippen LogP contribution in [0.15, 0.2) is 170 Å². The molecule has 8 aromatic carbocycles. The molecule has 2 heteroatoms. The summed E-state index contributed by atoms with van der Waals surface area (Å²) in [5.74, 6) is 0. The fourth-order valence-electron chi connectivity index (χ4n) is 7.55. The Balaban J connectivity index is 1.32. The Morgan fingerprint density at radius 1 is 0.283 bits per heavy atom. The van der Waals surface area contributed by atoms with Crippen LogP contribution in [0.25, 0.3) is 87.7 Å². The van der Waals surface area contributed by atoms with Gasteiger partial charge in [0, 0.05) is 32.9 Å².